The molecule has 0 spiro atoms. The zero-order valence-electron chi connectivity index (χ0n) is 14.2. The fourth-order valence-corrected chi connectivity index (χ4v) is 2.13. The minimum atomic E-state index is -0.414. The van der Waals surface area contributed by atoms with Crippen molar-refractivity contribution in [3.05, 3.63) is 36.3 Å². The minimum Gasteiger partial charge on any atom is -0.362 e. The lowest BCUT2D eigenvalue weighted by Crippen LogP contribution is -2.30. The fourth-order valence-electron chi connectivity index (χ4n) is 2.13. The van der Waals surface area contributed by atoms with Crippen LogP contribution in [-0.4, -0.2) is 41.1 Å². The summed E-state index contributed by atoms with van der Waals surface area (Å²) in [6.45, 7) is 2.10. The van der Waals surface area contributed by atoms with Crippen LogP contribution in [0.3, 0.4) is 0 Å². The number of anilines is 1. The number of carbonyl (C=O) groups is 2. The van der Waals surface area contributed by atoms with E-state index < -0.39 is 5.91 Å². The van der Waals surface area contributed by atoms with E-state index in [4.69, 9.17) is 4.74 Å². The van der Waals surface area contributed by atoms with E-state index in [1.165, 1.54) is 12.1 Å². The number of rotatable bonds is 8. The molecule has 2 rings (SSSR count). The normalized spacial score (nSPS) is 10.5. The molecular weight excluding hydrogens is 327 g/mol. The molecule has 2 amide bonds. The molecule has 0 aliphatic heterocycles. The Morgan fingerprint density at radius 3 is 2.56 bits per heavy atom. The summed E-state index contributed by atoms with van der Waals surface area (Å²) in [5.74, 6) is -0.657. The minimum absolute atomic E-state index is 0.172. The standard InChI is InChI=1S/C17H21FN4O3/c1-3-8-19-15(23)10-25-11-16(24)21-17-20-9-14(22(17)2)12-4-6-13(18)7-5-12/h4-7,9H,3,8,10-11H2,1-2H3,(H,19,23)(H,20,21,24). The van der Waals surface area contributed by atoms with Gasteiger partial charge in [0.05, 0.1) is 11.9 Å². The van der Waals surface area contributed by atoms with Crippen LogP contribution in [0.25, 0.3) is 11.3 Å². The van der Waals surface area contributed by atoms with E-state index in [0.717, 1.165) is 17.7 Å². The number of nitrogens with one attached hydrogen (secondary N) is 2. The number of imidazole rings is 1. The number of ether oxygens (including phenoxy) is 1. The fraction of sp³-hybridized carbons (Fsp3) is 0.353. The van der Waals surface area contributed by atoms with Crippen LogP contribution in [0.15, 0.2) is 30.5 Å². The number of benzene rings is 1. The number of halogens is 1. The van der Waals surface area contributed by atoms with E-state index in [0.29, 0.717) is 12.5 Å². The maximum Gasteiger partial charge on any atom is 0.252 e. The summed E-state index contributed by atoms with van der Waals surface area (Å²) in [4.78, 5) is 27.4. The van der Waals surface area contributed by atoms with Crippen molar-refractivity contribution in [3.63, 3.8) is 0 Å². The molecule has 0 saturated carbocycles. The largest absolute Gasteiger partial charge is 0.362 e. The van der Waals surface area contributed by atoms with Crippen molar-refractivity contribution in [1.82, 2.24) is 14.9 Å². The van der Waals surface area contributed by atoms with Gasteiger partial charge in [0, 0.05) is 19.2 Å². The first-order valence-corrected chi connectivity index (χ1v) is 7.93. The molecule has 2 aromatic rings. The molecule has 0 fully saturated rings. The van der Waals surface area contributed by atoms with E-state index in [1.807, 2.05) is 6.92 Å². The smallest absolute Gasteiger partial charge is 0.252 e. The molecule has 8 heteroatoms. The highest BCUT2D eigenvalue weighted by Gasteiger charge is 2.12. The van der Waals surface area contributed by atoms with E-state index in [-0.39, 0.29) is 24.9 Å². The van der Waals surface area contributed by atoms with Crippen molar-refractivity contribution in [3.8, 4) is 11.3 Å². The van der Waals surface area contributed by atoms with Gasteiger partial charge in [0.2, 0.25) is 11.9 Å². The van der Waals surface area contributed by atoms with Crippen LogP contribution in [0.1, 0.15) is 13.3 Å². The number of hydrogen-bond acceptors (Lipinski definition) is 4. The molecule has 1 heterocycles. The maximum atomic E-state index is 13.0. The predicted octanol–water partition coefficient (Wildman–Crippen LogP) is 1.71. The Morgan fingerprint density at radius 1 is 1.20 bits per heavy atom. The number of nitrogens with zero attached hydrogens (tertiary/aromatic N) is 2. The highest BCUT2D eigenvalue weighted by molar-refractivity contribution is 5.90. The third kappa shape index (κ3) is 5.39. The SMILES string of the molecule is CCCNC(=O)COCC(=O)Nc1ncc(-c2ccc(F)cc2)n1C. The third-order valence-corrected chi connectivity index (χ3v) is 3.42. The molecular formula is C17H21FN4O3. The quantitative estimate of drug-likeness (QED) is 0.760. The summed E-state index contributed by atoms with van der Waals surface area (Å²) in [6, 6.07) is 5.99. The molecule has 134 valence electrons. The Bertz CT molecular complexity index is 728. The van der Waals surface area contributed by atoms with Crippen LogP contribution in [0.5, 0.6) is 0 Å². The van der Waals surface area contributed by atoms with E-state index in [2.05, 4.69) is 15.6 Å². The molecule has 0 radical (unpaired) electrons. The molecule has 1 aromatic heterocycles. The summed E-state index contributed by atoms with van der Waals surface area (Å²) in [7, 11) is 1.74. The molecule has 7 nitrogen and oxygen atoms in total. The Kier molecular flexibility index (Phi) is 6.64. The Labute approximate surface area is 145 Å². The highest BCUT2D eigenvalue weighted by Crippen LogP contribution is 2.22. The predicted molar refractivity (Wildman–Crippen MR) is 91.4 cm³/mol. The monoisotopic (exact) mass is 348 g/mol. The van der Waals surface area contributed by atoms with Crippen molar-refractivity contribution in [2.24, 2.45) is 7.05 Å². The van der Waals surface area contributed by atoms with Gasteiger partial charge in [0.1, 0.15) is 19.0 Å². The van der Waals surface area contributed by atoms with Gasteiger partial charge < -0.3 is 14.6 Å². The molecule has 1 aromatic carbocycles. The van der Waals surface area contributed by atoms with Crippen molar-refractivity contribution in [1.29, 1.82) is 0 Å². The summed E-state index contributed by atoms with van der Waals surface area (Å²) in [5, 5.41) is 5.26. The number of hydrogen-bond donors (Lipinski definition) is 2. The van der Waals surface area contributed by atoms with E-state index >= 15 is 0 Å². The molecule has 0 atom stereocenters. The number of carbonyl (C=O) groups excluding carboxylic acids is 2. The van der Waals surface area contributed by atoms with Gasteiger partial charge in [0.25, 0.3) is 5.91 Å². The second-order valence-electron chi connectivity index (χ2n) is 5.42. The average molecular weight is 348 g/mol. The van der Waals surface area contributed by atoms with Gasteiger partial charge in [-0.25, -0.2) is 9.37 Å². The lowest BCUT2D eigenvalue weighted by molar-refractivity contribution is -0.128. The third-order valence-electron chi connectivity index (χ3n) is 3.42. The molecule has 25 heavy (non-hydrogen) atoms. The van der Waals surface area contributed by atoms with Crippen LogP contribution < -0.4 is 10.6 Å². The van der Waals surface area contributed by atoms with Crippen LogP contribution in [0.2, 0.25) is 0 Å². The number of amides is 2. The van der Waals surface area contributed by atoms with Crippen LogP contribution in [0, 0.1) is 5.82 Å². The maximum absolute atomic E-state index is 13.0. The van der Waals surface area contributed by atoms with Crippen molar-refractivity contribution >= 4 is 17.8 Å². The van der Waals surface area contributed by atoms with Gasteiger partial charge in [-0.2, -0.15) is 0 Å². The summed E-state index contributed by atoms with van der Waals surface area (Å²) >= 11 is 0. The van der Waals surface area contributed by atoms with Gasteiger partial charge in [-0.1, -0.05) is 6.92 Å². The first-order valence-electron chi connectivity index (χ1n) is 7.93. The first-order chi connectivity index (χ1) is 12.0. The average Bonchev–Trinajstić information content (AvgIpc) is 2.94. The molecule has 0 aliphatic rings. The topological polar surface area (TPSA) is 85.2 Å². The summed E-state index contributed by atoms with van der Waals surface area (Å²) in [5.41, 5.74) is 1.51. The first kappa shape index (κ1) is 18.6. The molecule has 2 N–H and O–H groups in total. The lowest BCUT2D eigenvalue weighted by atomic mass is 10.2. The van der Waals surface area contributed by atoms with E-state index in [1.54, 1.807) is 29.9 Å². The molecule has 0 unspecified atom stereocenters. The van der Waals surface area contributed by atoms with Gasteiger partial charge in [-0.3, -0.25) is 14.9 Å². The summed E-state index contributed by atoms with van der Waals surface area (Å²) in [6.07, 6.45) is 2.42. The molecule has 0 saturated heterocycles. The van der Waals surface area contributed by atoms with Crippen molar-refractivity contribution < 1.29 is 18.7 Å². The van der Waals surface area contributed by atoms with Crippen LogP contribution in [-0.2, 0) is 21.4 Å². The Morgan fingerprint density at radius 2 is 1.88 bits per heavy atom. The Balaban J connectivity index is 1.87. The van der Waals surface area contributed by atoms with Gasteiger partial charge in [0.15, 0.2) is 0 Å². The lowest BCUT2D eigenvalue weighted by Gasteiger charge is -2.08. The van der Waals surface area contributed by atoms with Gasteiger partial charge in [-0.05, 0) is 30.7 Å². The van der Waals surface area contributed by atoms with Gasteiger partial charge >= 0.3 is 0 Å². The highest BCUT2D eigenvalue weighted by atomic mass is 19.1. The van der Waals surface area contributed by atoms with Gasteiger partial charge in [-0.15, -0.1) is 0 Å². The van der Waals surface area contributed by atoms with E-state index in [9.17, 15) is 14.0 Å². The second-order valence-corrected chi connectivity index (χ2v) is 5.42. The zero-order chi connectivity index (χ0) is 18.2. The van der Waals surface area contributed by atoms with Crippen molar-refractivity contribution in [2.45, 2.75) is 13.3 Å². The zero-order valence-corrected chi connectivity index (χ0v) is 14.2. The number of aromatic nitrogens is 2. The van der Waals surface area contributed by atoms with Crippen molar-refractivity contribution in [2.75, 3.05) is 25.1 Å². The summed E-state index contributed by atoms with van der Waals surface area (Å²) < 4.78 is 19.8. The second kappa shape index (κ2) is 8.93. The Hall–Kier alpha value is -2.74. The van der Waals surface area contributed by atoms with Crippen LogP contribution in [0.4, 0.5) is 10.3 Å². The molecule has 0 aliphatic carbocycles. The van der Waals surface area contributed by atoms with Crippen LogP contribution >= 0.6 is 0 Å². The molecule has 0 bridgehead atoms.